The molecule has 0 radical (unpaired) electrons. The van der Waals surface area contributed by atoms with Gasteiger partial charge >= 0.3 is 0 Å². The molecule has 3 N–H and O–H groups in total. The molecule has 0 fully saturated rings. The Kier molecular flexibility index (Phi) is 5.69. The normalized spacial score (nSPS) is 13.1. The summed E-state index contributed by atoms with van der Waals surface area (Å²) in [4.78, 5) is 36.1. The molecule has 7 nitrogen and oxygen atoms in total. The number of Topliss-reactive ketones (excluding diaryl/α,β-unsaturated/α-hetero) is 1. The van der Waals surface area contributed by atoms with Crippen LogP contribution in [0.25, 0.3) is 11.3 Å². The Morgan fingerprint density at radius 1 is 1.24 bits per heavy atom. The topological polar surface area (TPSA) is 107 Å². The second-order valence-corrected chi connectivity index (χ2v) is 6.00. The minimum absolute atomic E-state index is 0.221. The van der Waals surface area contributed by atoms with Gasteiger partial charge in [0.05, 0.1) is 5.56 Å². The van der Waals surface area contributed by atoms with E-state index in [1.54, 1.807) is 20.2 Å². The van der Waals surface area contributed by atoms with Gasteiger partial charge in [-0.05, 0) is 5.92 Å². The van der Waals surface area contributed by atoms with Crippen molar-refractivity contribution in [3.63, 3.8) is 0 Å². The third kappa shape index (κ3) is 4.12. The van der Waals surface area contributed by atoms with E-state index < -0.39 is 23.6 Å². The number of ketones is 1. The van der Waals surface area contributed by atoms with Crippen molar-refractivity contribution < 1.29 is 14.4 Å². The zero-order valence-electron chi connectivity index (χ0n) is 14.5. The molecule has 0 aliphatic carbocycles. The van der Waals surface area contributed by atoms with Gasteiger partial charge in [0.15, 0.2) is 0 Å². The number of carbonyl (C=O) groups excluding carboxylic acids is 3. The predicted octanol–water partition coefficient (Wildman–Crippen LogP) is 1.29. The fourth-order valence-electron chi connectivity index (χ4n) is 2.54. The summed E-state index contributed by atoms with van der Waals surface area (Å²) in [5.74, 6) is -2.54. The van der Waals surface area contributed by atoms with Gasteiger partial charge in [0, 0.05) is 18.8 Å². The quantitative estimate of drug-likeness (QED) is 0.739. The van der Waals surface area contributed by atoms with Gasteiger partial charge in [0.25, 0.3) is 11.8 Å². The molecule has 25 heavy (non-hydrogen) atoms. The third-order valence-electron chi connectivity index (χ3n) is 4.15. The van der Waals surface area contributed by atoms with Crippen molar-refractivity contribution in [1.29, 1.82) is 0 Å². The molecule has 0 saturated carbocycles. The maximum absolute atomic E-state index is 12.7. The number of rotatable bonds is 7. The number of primary amides is 1. The molecule has 0 unspecified atom stereocenters. The zero-order valence-corrected chi connectivity index (χ0v) is 14.5. The largest absolute Gasteiger partial charge is 0.363 e. The number of carbonyl (C=O) groups is 3. The van der Waals surface area contributed by atoms with Gasteiger partial charge in [-0.25, -0.2) is 0 Å². The van der Waals surface area contributed by atoms with E-state index in [2.05, 4.69) is 10.4 Å². The Bertz CT molecular complexity index is 783. The Morgan fingerprint density at radius 2 is 1.88 bits per heavy atom. The molecule has 2 amide bonds. The lowest BCUT2D eigenvalue weighted by molar-refractivity contribution is -0.137. The number of benzene rings is 1. The van der Waals surface area contributed by atoms with E-state index in [1.165, 1.54) is 4.68 Å². The molecule has 1 heterocycles. The molecule has 0 spiro atoms. The van der Waals surface area contributed by atoms with Gasteiger partial charge in [0.1, 0.15) is 11.7 Å². The maximum Gasteiger partial charge on any atom is 0.287 e. The lowest BCUT2D eigenvalue weighted by Gasteiger charge is -2.21. The second kappa shape index (κ2) is 7.74. The van der Waals surface area contributed by atoms with Crippen LogP contribution < -0.4 is 11.1 Å². The molecule has 1 aromatic carbocycles. The molecule has 0 aliphatic heterocycles. The minimum atomic E-state index is -1.06. The highest BCUT2D eigenvalue weighted by molar-refractivity contribution is 6.38. The Morgan fingerprint density at radius 3 is 2.44 bits per heavy atom. The highest BCUT2D eigenvalue weighted by Gasteiger charge is 2.30. The van der Waals surface area contributed by atoms with Crippen molar-refractivity contribution in [3.8, 4) is 11.3 Å². The van der Waals surface area contributed by atoms with Crippen LogP contribution in [0.3, 0.4) is 0 Å². The Balaban J connectivity index is 2.34. The van der Waals surface area contributed by atoms with Crippen LogP contribution in [-0.2, 0) is 16.6 Å². The van der Waals surface area contributed by atoms with Gasteiger partial charge in [-0.15, -0.1) is 0 Å². The maximum atomic E-state index is 12.7. The summed E-state index contributed by atoms with van der Waals surface area (Å²) >= 11 is 0. The van der Waals surface area contributed by atoms with E-state index in [-0.39, 0.29) is 5.92 Å². The van der Waals surface area contributed by atoms with Crippen LogP contribution in [-0.4, -0.2) is 33.4 Å². The van der Waals surface area contributed by atoms with E-state index in [4.69, 9.17) is 5.73 Å². The highest BCUT2D eigenvalue weighted by Crippen LogP contribution is 2.22. The monoisotopic (exact) mass is 342 g/mol. The van der Waals surface area contributed by atoms with Crippen LogP contribution in [0, 0.1) is 5.92 Å². The predicted molar refractivity (Wildman–Crippen MR) is 93.6 cm³/mol. The Hall–Kier alpha value is -2.96. The SMILES string of the molecule is CC[C@@H](C)[C@H](NC(=O)c1cn(C)nc1-c1ccccc1)C(=O)C(N)=O. The second-order valence-electron chi connectivity index (χ2n) is 6.00. The Labute approximate surface area is 146 Å². The van der Waals surface area contributed by atoms with Crippen LogP contribution in [0.15, 0.2) is 36.5 Å². The van der Waals surface area contributed by atoms with Gasteiger partial charge in [0.2, 0.25) is 5.78 Å². The number of nitrogens with two attached hydrogens (primary N) is 1. The molecular weight excluding hydrogens is 320 g/mol. The van der Waals surface area contributed by atoms with Gasteiger partial charge < -0.3 is 11.1 Å². The number of hydrogen-bond donors (Lipinski definition) is 2. The summed E-state index contributed by atoms with van der Waals surface area (Å²) in [6.45, 7) is 3.66. The first-order valence-electron chi connectivity index (χ1n) is 8.08. The van der Waals surface area contributed by atoms with E-state index in [1.807, 2.05) is 37.3 Å². The molecule has 0 aliphatic rings. The number of aromatic nitrogens is 2. The van der Waals surface area contributed by atoms with E-state index in [0.717, 1.165) is 5.56 Å². The van der Waals surface area contributed by atoms with Crippen LogP contribution in [0.1, 0.15) is 30.6 Å². The highest BCUT2D eigenvalue weighted by atomic mass is 16.2. The van der Waals surface area contributed by atoms with E-state index >= 15 is 0 Å². The fraction of sp³-hybridized carbons (Fsp3) is 0.333. The van der Waals surface area contributed by atoms with E-state index in [9.17, 15) is 14.4 Å². The number of amides is 2. The molecule has 1 aromatic heterocycles. The molecule has 2 aromatic rings. The number of hydrogen-bond acceptors (Lipinski definition) is 4. The summed E-state index contributed by atoms with van der Waals surface area (Å²) in [5.41, 5.74) is 6.74. The molecule has 0 saturated heterocycles. The first kappa shape index (κ1) is 18.4. The summed E-state index contributed by atoms with van der Waals surface area (Å²) in [7, 11) is 1.71. The average molecular weight is 342 g/mol. The van der Waals surface area contributed by atoms with Crippen molar-refractivity contribution in [3.05, 3.63) is 42.1 Å². The fourth-order valence-corrected chi connectivity index (χ4v) is 2.54. The molecule has 2 atom stereocenters. The lowest BCUT2D eigenvalue weighted by atomic mass is 9.94. The molecule has 132 valence electrons. The van der Waals surface area contributed by atoms with Crippen molar-refractivity contribution >= 4 is 17.6 Å². The van der Waals surface area contributed by atoms with Crippen molar-refractivity contribution in [2.24, 2.45) is 18.7 Å². The van der Waals surface area contributed by atoms with Crippen LogP contribution in [0.5, 0.6) is 0 Å². The summed E-state index contributed by atoms with van der Waals surface area (Å²) in [5, 5.41) is 6.98. The van der Waals surface area contributed by atoms with Crippen LogP contribution in [0.2, 0.25) is 0 Å². The molecular formula is C18H22N4O3. The standard InChI is InChI=1S/C18H22N4O3/c1-4-11(2)14(16(23)17(19)24)20-18(25)13-10-22(3)21-15(13)12-8-6-5-7-9-12/h5-11,14H,4H2,1-3H3,(H2,19,24)(H,20,25)/t11-,14+/m1/s1. The van der Waals surface area contributed by atoms with Crippen molar-refractivity contribution in [2.75, 3.05) is 0 Å². The summed E-state index contributed by atoms with van der Waals surface area (Å²) in [6, 6.07) is 8.31. The minimum Gasteiger partial charge on any atom is -0.363 e. The van der Waals surface area contributed by atoms with Gasteiger partial charge in [-0.1, -0.05) is 50.6 Å². The first-order valence-corrected chi connectivity index (χ1v) is 8.08. The average Bonchev–Trinajstić information content (AvgIpc) is 3.00. The van der Waals surface area contributed by atoms with E-state index in [0.29, 0.717) is 17.7 Å². The van der Waals surface area contributed by atoms with Crippen LogP contribution in [0.4, 0.5) is 0 Å². The molecule has 7 heteroatoms. The lowest BCUT2D eigenvalue weighted by Crippen LogP contribution is -2.49. The van der Waals surface area contributed by atoms with Gasteiger partial charge in [-0.3, -0.25) is 19.1 Å². The first-order chi connectivity index (χ1) is 11.8. The number of nitrogens with zero attached hydrogens (tertiary/aromatic N) is 2. The summed E-state index contributed by atoms with van der Waals surface area (Å²) < 4.78 is 1.53. The molecule has 2 rings (SSSR count). The van der Waals surface area contributed by atoms with Crippen molar-refractivity contribution in [2.45, 2.75) is 26.3 Å². The summed E-state index contributed by atoms with van der Waals surface area (Å²) in [6.07, 6.45) is 2.20. The zero-order chi connectivity index (χ0) is 18.6. The van der Waals surface area contributed by atoms with Crippen LogP contribution >= 0.6 is 0 Å². The third-order valence-corrected chi connectivity index (χ3v) is 4.15. The number of nitrogens with one attached hydrogen (secondary N) is 1. The number of aryl methyl sites for hydroxylation is 1. The van der Waals surface area contributed by atoms with Gasteiger partial charge in [-0.2, -0.15) is 5.10 Å². The smallest absolute Gasteiger partial charge is 0.287 e. The van der Waals surface area contributed by atoms with Crippen molar-refractivity contribution in [1.82, 2.24) is 15.1 Å². The molecule has 0 bridgehead atoms.